The van der Waals surface area contributed by atoms with Crippen molar-refractivity contribution in [2.75, 3.05) is 0 Å². The summed E-state index contributed by atoms with van der Waals surface area (Å²) in [7, 11) is 0. The SMILES string of the molecule is CC(C)c1cc(-c2ccccc2)cc(C(C)C)c1-c1cc(-c2[c-]cccc2)nc(-c2[c-]cccc2)c1.[Ir+3].[c-]1c(-c2ccccn2)cc(-c2ccc3c(c2)oc2ccccc23)cc1-c1ccccn1. The molecule has 68 heavy (non-hydrogen) atoms. The fourth-order valence-electron chi connectivity index (χ4n) is 8.75. The fraction of sp³-hybridized carbons (Fsp3) is 0.0952. The number of rotatable bonds is 9. The minimum Gasteiger partial charge on any atom is -0.456 e. The van der Waals surface area contributed by atoms with Gasteiger partial charge in [-0.3, -0.25) is 9.97 Å². The molecule has 0 bridgehead atoms. The third kappa shape index (κ3) is 9.78. The van der Waals surface area contributed by atoms with Gasteiger partial charge in [-0.15, -0.1) is 90.0 Å². The monoisotopic (exact) mass is 1060 g/mol. The molecule has 7 aromatic carbocycles. The minimum absolute atomic E-state index is 0. The Balaban J connectivity index is 0.000000169. The summed E-state index contributed by atoms with van der Waals surface area (Å²) in [6.45, 7) is 9.15. The maximum atomic E-state index is 6.11. The summed E-state index contributed by atoms with van der Waals surface area (Å²) in [5.74, 6) is 0.737. The maximum Gasteiger partial charge on any atom is 3.00 e. The second-order valence-electron chi connectivity index (χ2n) is 17.3. The van der Waals surface area contributed by atoms with Crippen LogP contribution in [0.2, 0.25) is 0 Å². The van der Waals surface area contributed by atoms with E-state index in [4.69, 9.17) is 9.40 Å². The Bertz CT molecular complexity index is 3300. The van der Waals surface area contributed by atoms with Crippen LogP contribution in [0.4, 0.5) is 0 Å². The van der Waals surface area contributed by atoms with E-state index in [1.165, 1.54) is 33.4 Å². The topological polar surface area (TPSA) is 51.8 Å². The molecule has 4 heterocycles. The zero-order valence-corrected chi connectivity index (χ0v) is 40.8. The summed E-state index contributed by atoms with van der Waals surface area (Å²) >= 11 is 0. The van der Waals surface area contributed by atoms with E-state index in [1.54, 1.807) is 12.4 Å². The summed E-state index contributed by atoms with van der Waals surface area (Å²) in [5, 5.41) is 2.26. The molecule has 5 heteroatoms. The number of hydrogen-bond acceptors (Lipinski definition) is 4. The van der Waals surface area contributed by atoms with Crippen molar-refractivity contribution in [1.29, 1.82) is 0 Å². The van der Waals surface area contributed by atoms with Crippen LogP contribution in [0.5, 0.6) is 0 Å². The van der Waals surface area contributed by atoms with Crippen molar-refractivity contribution in [1.82, 2.24) is 15.0 Å². The second kappa shape index (κ2) is 20.5. The molecule has 0 spiro atoms. The fourth-order valence-corrected chi connectivity index (χ4v) is 8.75. The maximum absolute atomic E-state index is 6.11. The largest absolute Gasteiger partial charge is 3.00 e. The number of hydrogen-bond donors (Lipinski definition) is 0. The van der Waals surface area contributed by atoms with Crippen LogP contribution >= 0.6 is 0 Å². The van der Waals surface area contributed by atoms with Gasteiger partial charge in [-0.1, -0.05) is 148 Å². The molecule has 4 aromatic heterocycles. The summed E-state index contributed by atoms with van der Waals surface area (Å²) in [5.41, 5.74) is 19.2. The Morgan fingerprint density at radius 1 is 0.397 bits per heavy atom. The molecule has 11 rings (SSSR count). The van der Waals surface area contributed by atoms with Crippen molar-refractivity contribution in [3.63, 3.8) is 0 Å². The quantitative estimate of drug-likeness (QED) is 0.135. The van der Waals surface area contributed by atoms with Gasteiger partial charge in [-0.25, -0.2) is 0 Å². The van der Waals surface area contributed by atoms with E-state index in [1.807, 2.05) is 91.0 Å². The van der Waals surface area contributed by atoms with E-state index < -0.39 is 0 Å². The van der Waals surface area contributed by atoms with E-state index in [9.17, 15) is 0 Å². The van der Waals surface area contributed by atoms with Gasteiger partial charge in [0, 0.05) is 34.6 Å². The zero-order valence-electron chi connectivity index (χ0n) is 38.4. The van der Waals surface area contributed by atoms with E-state index in [0.717, 1.165) is 78.1 Å². The Labute approximate surface area is 412 Å². The van der Waals surface area contributed by atoms with Gasteiger partial charge >= 0.3 is 20.1 Å². The molecule has 4 nitrogen and oxygen atoms in total. The molecule has 330 valence electrons. The molecule has 0 aliphatic carbocycles. The molecule has 0 saturated heterocycles. The van der Waals surface area contributed by atoms with Gasteiger partial charge in [0.25, 0.3) is 0 Å². The molecule has 0 saturated carbocycles. The summed E-state index contributed by atoms with van der Waals surface area (Å²) in [4.78, 5) is 14.1. The molecule has 0 atom stereocenters. The standard InChI is InChI=1S/C35H31N.C28H17N2O.Ir/c1-24(2)31-20-29(26-14-8-5-9-15-26)21-32(25(3)4)35(31)30-22-33(27-16-10-6-11-17-27)36-34(23-30)28-18-12-7-13-19-28;1-2-10-27-23(7-1)24-12-11-19(18-28(24)31-27)20-15-21(25-8-3-5-13-29-25)17-22(16-20)26-9-4-6-14-30-26;/h5-16,18,20-25H,1-4H3;1-16,18H;/q-2;-1;+3. The Morgan fingerprint density at radius 2 is 0.926 bits per heavy atom. The van der Waals surface area contributed by atoms with Crippen molar-refractivity contribution < 1.29 is 24.5 Å². The van der Waals surface area contributed by atoms with Gasteiger partial charge in [-0.2, -0.15) is 0 Å². The van der Waals surface area contributed by atoms with Crippen LogP contribution in [0.25, 0.3) is 100 Å². The Kier molecular flexibility index (Phi) is 13.8. The average molecular weight is 1060 g/mol. The zero-order chi connectivity index (χ0) is 45.7. The summed E-state index contributed by atoms with van der Waals surface area (Å²) in [6, 6.07) is 76.9. The van der Waals surface area contributed by atoms with Gasteiger partial charge in [-0.05, 0) is 92.5 Å². The third-order valence-corrected chi connectivity index (χ3v) is 12.1. The van der Waals surface area contributed by atoms with Gasteiger partial charge in [0.1, 0.15) is 11.2 Å². The van der Waals surface area contributed by atoms with Crippen LogP contribution in [-0.2, 0) is 20.1 Å². The van der Waals surface area contributed by atoms with E-state index in [0.29, 0.717) is 11.8 Å². The molecule has 0 amide bonds. The average Bonchev–Trinajstić information content (AvgIpc) is 3.77. The first-order chi connectivity index (χ1) is 32.9. The van der Waals surface area contributed by atoms with Crippen molar-refractivity contribution >= 4 is 21.9 Å². The number of pyridine rings is 3. The van der Waals surface area contributed by atoms with E-state index in [-0.39, 0.29) is 20.1 Å². The van der Waals surface area contributed by atoms with Crippen LogP contribution in [0.1, 0.15) is 50.7 Å². The number of para-hydroxylation sites is 1. The minimum atomic E-state index is 0. The van der Waals surface area contributed by atoms with Crippen LogP contribution in [0, 0.1) is 18.2 Å². The van der Waals surface area contributed by atoms with Gasteiger partial charge in [0.05, 0.1) is 0 Å². The van der Waals surface area contributed by atoms with Crippen molar-refractivity contribution in [3.8, 4) is 78.4 Å². The number of nitrogens with zero attached hydrogens (tertiary/aromatic N) is 3. The number of fused-ring (bicyclic) bond motifs is 3. The molecular weight excluding hydrogens is 1010 g/mol. The van der Waals surface area contributed by atoms with Crippen LogP contribution < -0.4 is 0 Å². The first kappa shape index (κ1) is 45.6. The van der Waals surface area contributed by atoms with Crippen molar-refractivity contribution in [2.24, 2.45) is 0 Å². The molecule has 0 aliphatic heterocycles. The van der Waals surface area contributed by atoms with Crippen LogP contribution in [0.15, 0.2) is 211 Å². The van der Waals surface area contributed by atoms with E-state index in [2.05, 4.69) is 159 Å². The first-order valence-electron chi connectivity index (χ1n) is 22.9. The molecule has 0 aliphatic rings. The first-order valence-corrected chi connectivity index (χ1v) is 22.9. The summed E-state index contributed by atoms with van der Waals surface area (Å²) in [6.07, 6.45) is 3.60. The molecule has 0 fully saturated rings. The van der Waals surface area contributed by atoms with Gasteiger partial charge < -0.3 is 9.40 Å². The molecule has 0 N–H and O–H groups in total. The number of benzene rings is 7. The van der Waals surface area contributed by atoms with Gasteiger partial charge in [0.15, 0.2) is 0 Å². The van der Waals surface area contributed by atoms with Crippen molar-refractivity contribution in [3.05, 3.63) is 236 Å². The Morgan fingerprint density at radius 3 is 1.47 bits per heavy atom. The van der Waals surface area contributed by atoms with Crippen LogP contribution in [0.3, 0.4) is 0 Å². The van der Waals surface area contributed by atoms with Crippen LogP contribution in [-0.4, -0.2) is 15.0 Å². The van der Waals surface area contributed by atoms with E-state index >= 15 is 0 Å². The Hall–Kier alpha value is -7.56. The van der Waals surface area contributed by atoms with Gasteiger partial charge in [0.2, 0.25) is 0 Å². The number of aromatic nitrogens is 3. The smallest absolute Gasteiger partial charge is 0.456 e. The van der Waals surface area contributed by atoms with Crippen molar-refractivity contribution in [2.45, 2.75) is 39.5 Å². The molecular formula is C63H48IrN3O. The number of furan rings is 1. The molecule has 0 unspecified atom stereocenters. The molecule has 11 aromatic rings. The predicted octanol–water partition coefficient (Wildman–Crippen LogP) is 16.8. The molecule has 0 radical (unpaired) electrons. The second-order valence-corrected chi connectivity index (χ2v) is 17.3. The summed E-state index contributed by atoms with van der Waals surface area (Å²) < 4.78 is 6.11. The normalized spacial score (nSPS) is 11.1. The third-order valence-electron chi connectivity index (χ3n) is 12.1. The predicted molar refractivity (Wildman–Crippen MR) is 276 cm³/mol.